The monoisotopic (exact) mass is 375 g/mol. The van der Waals surface area contributed by atoms with Crippen molar-refractivity contribution in [3.63, 3.8) is 0 Å². The molecule has 0 amide bonds. The quantitative estimate of drug-likeness (QED) is 0.761. The first-order valence-corrected chi connectivity index (χ1v) is 10.0. The van der Waals surface area contributed by atoms with Crippen molar-refractivity contribution in [3.8, 4) is 0 Å². The summed E-state index contributed by atoms with van der Waals surface area (Å²) in [6.45, 7) is 2.46. The third-order valence-electron chi connectivity index (χ3n) is 5.10. The average Bonchev–Trinajstić information content (AvgIpc) is 3.06. The van der Waals surface area contributed by atoms with E-state index >= 15 is 0 Å². The number of aromatic nitrogens is 2. The standard InChI is InChI=1S/C18H21N3O4S/c22-26(23,17-2-1-6-20-10-17)21-13-18(14-21)16(5-9-25-18)12-24-11-15-3-7-19-8-4-15/h1-4,6-8,10,16H,5,9,11-14H2/t16-/m1/s1. The molecule has 138 valence electrons. The molecular formula is C18H21N3O4S. The fraction of sp³-hybridized carbons (Fsp3) is 0.444. The van der Waals surface area contributed by atoms with E-state index in [4.69, 9.17) is 9.47 Å². The largest absolute Gasteiger partial charge is 0.376 e. The molecule has 0 radical (unpaired) electrons. The highest BCUT2D eigenvalue weighted by Crippen LogP contribution is 2.42. The van der Waals surface area contributed by atoms with E-state index in [1.54, 1.807) is 30.7 Å². The lowest BCUT2D eigenvalue weighted by molar-refractivity contribution is -0.115. The maximum absolute atomic E-state index is 12.7. The topological polar surface area (TPSA) is 81.6 Å². The van der Waals surface area contributed by atoms with Crippen LogP contribution in [0.2, 0.25) is 0 Å². The molecule has 26 heavy (non-hydrogen) atoms. The molecule has 2 fully saturated rings. The van der Waals surface area contributed by atoms with Gasteiger partial charge in [0.15, 0.2) is 0 Å². The van der Waals surface area contributed by atoms with Gasteiger partial charge in [-0.25, -0.2) is 8.42 Å². The highest BCUT2D eigenvalue weighted by Gasteiger charge is 2.56. The molecule has 2 aromatic heterocycles. The Kier molecular flexibility index (Phi) is 4.74. The number of hydrogen-bond donors (Lipinski definition) is 0. The van der Waals surface area contributed by atoms with Gasteiger partial charge in [-0.15, -0.1) is 0 Å². The molecule has 2 saturated heterocycles. The van der Waals surface area contributed by atoms with Crippen LogP contribution in [0.1, 0.15) is 12.0 Å². The number of pyridine rings is 2. The summed E-state index contributed by atoms with van der Waals surface area (Å²) in [5, 5.41) is 0. The first kappa shape index (κ1) is 17.5. The smallest absolute Gasteiger partial charge is 0.244 e. The van der Waals surface area contributed by atoms with Crippen molar-refractivity contribution in [2.75, 3.05) is 26.3 Å². The zero-order chi connectivity index (χ0) is 18.0. The number of sulfonamides is 1. The number of ether oxygens (including phenoxy) is 2. The van der Waals surface area contributed by atoms with E-state index in [0.29, 0.717) is 32.9 Å². The van der Waals surface area contributed by atoms with Gasteiger partial charge in [0.2, 0.25) is 10.0 Å². The zero-order valence-corrected chi connectivity index (χ0v) is 15.1. The van der Waals surface area contributed by atoms with Crippen molar-refractivity contribution in [3.05, 3.63) is 54.6 Å². The molecule has 0 N–H and O–H groups in total. The summed E-state index contributed by atoms with van der Waals surface area (Å²) in [5.74, 6) is 0.199. The maximum Gasteiger partial charge on any atom is 0.244 e. The van der Waals surface area contributed by atoms with E-state index in [-0.39, 0.29) is 10.8 Å². The number of hydrogen-bond acceptors (Lipinski definition) is 6. The highest BCUT2D eigenvalue weighted by atomic mass is 32.2. The first-order valence-electron chi connectivity index (χ1n) is 8.61. The van der Waals surface area contributed by atoms with Gasteiger partial charge in [-0.1, -0.05) is 0 Å². The van der Waals surface area contributed by atoms with Gasteiger partial charge < -0.3 is 9.47 Å². The Labute approximate surface area is 153 Å². The van der Waals surface area contributed by atoms with Crippen LogP contribution in [0.5, 0.6) is 0 Å². The molecule has 0 unspecified atom stereocenters. The lowest BCUT2D eigenvalue weighted by atomic mass is 9.83. The lowest BCUT2D eigenvalue weighted by Crippen LogP contribution is -2.66. The van der Waals surface area contributed by atoms with Crippen LogP contribution >= 0.6 is 0 Å². The molecule has 2 aromatic rings. The summed E-state index contributed by atoms with van der Waals surface area (Å²) in [6, 6.07) is 7.04. The van der Waals surface area contributed by atoms with Crippen LogP contribution in [0.25, 0.3) is 0 Å². The number of nitrogens with zero attached hydrogens (tertiary/aromatic N) is 3. The van der Waals surface area contributed by atoms with Gasteiger partial charge in [-0.2, -0.15) is 4.31 Å². The molecule has 4 heterocycles. The van der Waals surface area contributed by atoms with Crippen molar-refractivity contribution >= 4 is 10.0 Å². The predicted molar refractivity (Wildman–Crippen MR) is 93.7 cm³/mol. The summed E-state index contributed by atoms with van der Waals surface area (Å²) < 4.78 is 38.6. The third-order valence-corrected chi connectivity index (χ3v) is 6.87. The second kappa shape index (κ2) is 7.03. The Morgan fingerprint density at radius 3 is 2.73 bits per heavy atom. The lowest BCUT2D eigenvalue weighted by Gasteiger charge is -2.49. The Morgan fingerprint density at radius 2 is 2.00 bits per heavy atom. The fourth-order valence-electron chi connectivity index (χ4n) is 3.54. The molecule has 8 heteroatoms. The van der Waals surface area contributed by atoms with E-state index in [0.717, 1.165) is 12.0 Å². The first-order chi connectivity index (χ1) is 12.6. The predicted octanol–water partition coefficient (Wildman–Crippen LogP) is 1.47. The van der Waals surface area contributed by atoms with E-state index < -0.39 is 15.6 Å². The van der Waals surface area contributed by atoms with Crippen LogP contribution in [-0.4, -0.2) is 54.6 Å². The highest BCUT2D eigenvalue weighted by molar-refractivity contribution is 7.89. The molecular weight excluding hydrogens is 354 g/mol. The van der Waals surface area contributed by atoms with Crippen molar-refractivity contribution < 1.29 is 17.9 Å². The molecule has 0 aliphatic carbocycles. The van der Waals surface area contributed by atoms with Gasteiger partial charge in [-0.05, 0) is 36.2 Å². The van der Waals surface area contributed by atoms with Crippen LogP contribution < -0.4 is 0 Å². The van der Waals surface area contributed by atoms with E-state index in [1.807, 2.05) is 12.1 Å². The maximum atomic E-state index is 12.7. The Bertz CT molecular complexity index is 839. The summed E-state index contributed by atoms with van der Waals surface area (Å²) in [4.78, 5) is 8.11. The number of rotatable bonds is 6. The van der Waals surface area contributed by atoms with Gasteiger partial charge in [0.25, 0.3) is 0 Å². The van der Waals surface area contributed by atoms with Gasteiger partial charge in [0, 0.05) is 50.4 Å². The summed E-state index contributed by atoms with van der Waals surface area (Å²) in [7, 11) is -3.51. The third kappa shape index (κ3) is 3.25. The van der Waals surface area contributed by atoms with Crippen LogP contribution in [-0.2, 0) is 26.1 Å². The van der Waals surface area contributed by atoms with Gasteiger partial charge in [0.05, 0.1) is 13.2 Å². The Morgan fingerprint density at radius 1 is 1.19 bits per heavy atom. The van der Waals surface area contributed by atoms with Crippen molar-refractivity contribution in [2.24, 2.45) is 5.92 Å². The molecule has 4 rings (SSSR count). The van der Waals surface area contributed by atoms with Gasteiger partial charge in [-0.3, -0.25) is 9.97 Å². The minimum absolute atomic E-state index is 0.199. The van der Waals surface area contributed by atoms with Crippen LogP contribution in [0.4, 0.5) is 0 Å². The van der Waals surface area contributed by atoms with Crippen molar-refractivity contribution in [1.82, 2.24) is 14.3 Å². The minimum Gasteiger partial charge on any atom is -0.376 e. The summed E-state index contributed by atoms with van der Waals surface area (Å²) in [5.41, 5.74) is 0.649. The molecule has 2 aliphatic rings. The van der Waals surface area contributed by atoms with E-state index in [1.165, 1.54) is 10.5 Å². The van der Waals surface area contributed by atoms with Crippen molar-refractivity contribution in [1.29, 1.82) is 0 Å². The average molecular weight is 375 g/mol. The molecule has 7 nitrogen and oxygen atoms in total. The Balaban J connectivity index is 1.36. The molecule has 0 saturated carbocycles. The molecule has 0 aromatic carbocycles. The second-order valence-corrected chi connectivity index (χ2v) is 8.67. The molecule has 1 atom stereocenters. The van der Waals surface area contributed by atoms with Crippen LogP contribution in [0, 0.1) is 5.92 Å². The van der Waals surface area contributed by atoms with Crippen LogP contribution in [0.3, 0.4) is 0 Å². The van der Waals surface area contributed by atoms with E-state index in [2.05, 4.69) is 9.97 Å². The molecule has 2 aliphatic heterocycles. The van der Waals surface area contributed by atoms with E-state index in [9.17, 15) is 8.42 Å². The van der Waals surface area contributed by atoms with Gasteiger partial charge in [0.1, 0.15) is 10.5 Å². The summed E-state index contributed by atoms with van der Waals surface area (Å²) in [6.07, 6.45) is 7.31. The van der Waals surface area contributed by atoms with Crippen molar-refractivity contribution in [2.45, 2.75) is 23.5 Å². The van der Waals surface area contributed by atoms with Gasteiger partial charge >= 0.3 is 0 Å². The SMILES string of the molecule is O=S(=O)(c1cccnc1)N1CC2(C1)OCC[C@@H]2COCc1ccncc1. The zero-order valence-electron chi connectivity index (χ0n) is 14.3. The second-order valence-electron chi connectivity index (χ2n) is 6.73. The normalized spacial score (nSPS) is 22.4. The fourth-order valence-corrected chi connectivity index (χ4v) is 5.06. The van der Waals surface area contributed by atoms with Crippen LogP contribution in [0.15, 0.2) is 53.9 Å². The Hall–Kier alpha value is -1.87. The molecule has 0 bridgehead atoms. The summed E-state index contributed by atoms with van der Waals surface area (Å²) >= 11 is 0. The minimum atomic E-state index is -3.51. The molecule has 1 spiro atoms.